The Bertz CT molecular complexity index is 1530. The number of aryl methyl sites for hydroxylation is 4. The predicted octanol–water partition coefficient (Wildman–Crippen LogP) is 6.47. The van der Waals surface area contributed by atoms with Crippen molar-refractivity contribution in [1.29, 1.82) is 0 Å². The summed E-state index contributed by atoms with van der Waals surface area (Å²) in [6.07, 6.45) is 17.0. The van der Waals surface area contributed by atoms with E-state index < -0.39 is 24.1 Å². The van der Waals surface area contributed by atoms with Crippen molar-refractivity contribution < 1.29 is 38.1 Å². The highest BCUT2D eigenvalue weighted by molar-refractivity contribution is 5.90. The zero-order valence-corrected chi connectivity index (χ0v) is 27.7. The summed E-state index contributed by atoms with van der Waals surface area (Å²) in [5, 5.41) is 5.82. The first-order chi connectivity index (χ1) is 23.4. The Balaban J connectivity index is 0.000000152. The van der Waals surface area contributed by atoms with Crippen LogP contribution in [0.4, 0.5) is 21.0 Å². The third-order valence-electron chi connectivity index (χ3n) is 10.6. The molecule has 8 rings (SSSR count). The van der Waals surface area contributed by atoms with Crippen LogP contribution in [0.1, 0.15) is 102 Å². The van der Waals surface area contributed by atoms with Crippen molar-refractivity contribution in [2.75, 3.05) is 30.5 Å². The number of fused-ring (bicyclic) bond motifs is 4. The third kappa shape index (κ3) is 7.63. The van der Waals surface area contributed by atoms with Crippen molar-refractivity contribution in [3.05, 3.63) is 56.6 Å². The summed E-state index contributed by atoms with van der Waals surface area (Å²) >= 11 is 0. The number of hydrogen-bond donors (Lipinski definition) is 2. The lowest BCUT2D eigenvalue weighted by Gasteiger charge is -2.24. The van der Waals surface area contributed by atoms with Crippen molar-refractivity contribution in [2.24, 2.45) is 5.92 Å². The van der Waals surface area contributed by atoms with Gasteiger partial charge in [0, 0.05) is 0 Å². The van der Waals surface area contributed by atoms with E-state index in [9.17, 15) is 19.2 Å². The van der Waals surface area contributed by atoms with Crippen LogP contribution in [-0.2, 0) is 79.9 Å². The molecule has 0 radical (unpaired) electrons. The average molecular weight is 659 g/mol. The minimum Gasteiger partial charge on any atom is -0.463 e. The van der Waals surface area contributed by atoms with E-state index >= 15 is 0 Å². The number of anilines is 2. The lowest BCUT2D eigenvalue weighted by Crippen LogP contribution is -2.28. The van der Waals surface area contributed by atoms with E-state index in [2.05, 4.69) is 22.8 Å². The minimum absolute atomic E-state index is 0.0184. The van der Waals surface area contributed by atoms with E-state index in [1.165, 1.54) is 44.5 Å². The lowest BCUT2D eigenvalue weighted by molar-refractivity contribution is -0.156. The molecule has 256 valence electrons. The Hall–Kier alpha value is -4.08. The van der Waals surface area contributed by atoms with Crippen LogP contribution in [0, 0.1) is 5.92 Å². The monoisotopic (exact) mass is 658 g/mol. The van der Waals surface area contributed by atoms with Crippen molar-refractivity contribution in [1.82, 2.24) is 0 Å². The molecule has 2 fully saturated rings. The van der Waals surface area contributed by atoms with Crippen LogP contribution >= 0.6 is 0 Å². The molecule has 0 aliphatic heterocycles. The van der Waals surface area contributed by atoms with E-state index in [1.54, 1.807) is 0 Å². The maximum atomic E-state index is 12.1. The molecule has 2 aromatic carbocycles. The summed E-state index contributed by atoms with van der Waals surface area (Å²) in [6.45, 7) is -0.196. The molecule has 10 heteroatoms. The molecular weight excluding hydrogens is 612 g/mol. The summed E-state index contributed by atoms with van der Waals surface area (Å²) < 4.78 is 20.4. The lowest BCUT2D eigenvalue weighted by atomic mass is 9.96. The van der Waals surface area contributed by atoms with E-state index in [0.717, 1.165) is 121 Å². The Kier molecular flexibility index (Phi) is 9.86. The number of ether oxygens (including phenoxy) is 4. The van der Waals surface area contributed by atoms with Gasteiger partial charge in [0.15, 0.2) is 13.2 Å². The van der Waals surface area contributed by atoms with E-state index in [4.69, 9.17) is 18.9 Å². The van der Waals surface area contributed by atoms with Gasteiger partial charge in [-0.2, -0.15) is 0 Å². The van der Waals surface area contributed by atoms with E-state index in [0.29, 0.717) is 12.5 Å². The van der Waals surface area contributed by atoms with Gasteiger partial charge in [0.05, 0.1) is 18.0 Å². The zero-order valence-electron chi connectivity index (χ0n) is 27.7. The maximum absolute atomic E-state index is 12.1. The topological polar surface area (TPSA) is 129 Å². The minimum atomic E-state index is -0.562. The van der Waals surface area contributed by atoms with Crippen LogP contribution in [0.3, 0.4) is 0 Å². The second-order valence-electron chi connectivity index (χ2n) is 14.0. The molecule has 0 atom stereocenters. The van der Waals surface area contributed by atoms with Crippen LogP contribution in [0.25, 0.3) is 0 Å². The molecule has 6 aliphatic rings. The molecule has 6 aliphatic carbocycles. The molecule has 0 unspecified atom stereocenters. The first-order valence-corrected chi connectivity index (χ1v) is 18.0. The van der Waals surface area contributed by atoms with E-state index in [-0.39, 0.29) is 19.3 Å². The number of carbonyl (C=O) groups excluding carboxylic acids is 4. The number of hydrogen-bond acceptors (Lipinski definition) is 8. The average Bonchev–Trinajstić information content (AvgIpc) is 3.51. The van der Waals surface area contributed by atoms with Crippen molar-refractivity contribution in [3.63, 3.8) is 0 Å². The standard InChI is InChI=1S/2C19H23NO4/c21-17(24-14-6-3-7-14)11-23-19(22)20-18-15-8-1-4-12(15)10-13-5-2-9-16(13)18;21-17(23-10-12-7-8-12)11-24-19(22)20-18-15-5-1-3-13(15)9-14-4-2-6-16(14)18/h10,14H,1-9,11H2,(H,20,22);9,12H,1-8,10-11H2,(H,20,22). The number of rotatable bonds is 9. The second-order valence-corrected chi connectivity index (χ2v) is 14.0. The normalized spacial score (nSPS) is 18.2. The predicted molar refractivity (Wildman–Crippen MR) is 178 cm³/mol. The summed E-state index contributed by atoms with van der Waals surface area (Å²) in [7, 11) is 0. The first kappa shape index (κ1) is 32.5. The van der Waals surface area contributed by atoms with Gasteiger partial charge in [0.1, 0.15) is 6.10 Å². The van der Waals surface area contributed by atoms with Crippen molar-refractivity contribution in [3.8, 4) is 0 Å². The van der Waals surface area contributed by atoms with Gasteiger partial charge in [0.25, 0.3) is 0 Å². The van der Waals surface area contributed by atoms with Crippen LogP contribution in [0.15, 0.2) is 12.1 Å². The van der Waals surface area contributed by atoms with Gasteiger partial charge in [-0.3, -0.25) is 10.6 Å². The molecular formula is C38H46N2O8. The SMILES string of the molecule is O=C(COC(=O)Nc1c2c(cc3c1CCC3)CCC2)OC1CCC1.O=C(COC(=O)Nc1c2c(cc3c1CCC3)CCC2)OCC1CC1. The number of amides is 2. The highest BCUT2D eigenvalue weighted by Gasteiger charge is 2.28. The summed E-state index contributed by atoms with van der Waals surface area (Å²) in [4.78, 5) is 47.5. The molecule has 2 amide bonds. The first-order valence-electron chi connectivity index (χ1n) is 18.0. The quantitative estimate of drug-likeness (QED) is 0.232. The Morgan fingerprint density at radius 3 is 1.38 bits per heavy atom. The van der Waals surface area contributed by atoms with Crippen LogP contribution < -0.4 is 10.6 Å². The largest absolute Gasteiger partial charge is 0.463 e. The Morgan fingerprint density at radius 1 is 0.542 bits per heavy atom. The van der Waals surface area contributed by atoms with E-state index in [1.807, 2.05) is 0 Å². The summed E-state index contributed by atoms with van der Waals surface area (Å²) in [5.74, 6) is -0.420. The third-order valence-corrected chi connectivity index (χ3v) is 10.6. The molecule has 0 aromatic heterocycles. The van der Waals surface area contributed by atoms with Gasteiger partial charge >= 0.3 is 24.1 Å². The van der Waals surface area contributed by atoms with Crippen LogP contribution in [0.5, 0.6) is 0 Å². The second kappa shape index (κ2) is 14.6. The fourth-order valence-corrected chi connectivity index (χ4v) is 7.71. The molecule has 0 heterocycles. The summed E-state index contributed by atoms with van der Waals surface area (Å²) in [5.41, 5.74) is 12.3. The molecule has 0 bridgehead atoms. The Labute approximate surface area is 281 Å². The van der Waals surface area contributed by atoms with Gasteiger partial charge in [-0.15, -0.1) is 0 Å². The highest BCUT2D eigenvalue weighted by Crippen LogP contribution is 2.40. The smallest absolute Gasteiger partial charge is 0.412 e. The maximum Gasteiger partial charge on any atom is 0.412 e. The molecule has 0 saturated heterocycles. The fraction of sp³-hybridized carbons (Fsp3) is 0.579. The van der Waals surface area contributed by atoms with Crippen molar-refractivity contribution >= 4 is 35.5 Å². The Morgan fingerprint density at radius 2 is 0.979 bits per heavy atom. The van der Waals surface area contributed by atoms with Crippen LogP contribution in [-0.4, -0.2) is 50.0 Å². The van der Waals surface area contributed by atoms with Crippen LogP contribution in [0.2, 0.25) is 0 Å². The molecule has 48 heavy (non-hydrogen) atoms. The molecule has 2 aromatic rings. The van der Waals surface area contributed by atoms with Gasteiger partial charge in [-0.1, -0.05) is 12.1 Å². The number of nitrogens with one attached hydrogen (secondary N) is 2. The number of carbonyl (C=O) groups is 4. The number of esters is 2. The fourth-order valence-electron chi connectivity index (χ4n) is 7.71. The molecule has 2 saturated carbocycles. The van der Waals surface area contributed by atoms with Gasteiger partial charge in [-0.05, 0) is 160 Å². The van der Waals surface area contributed by atoms with Gasteiger partial charge in [-0.25, -0.2) is 19.2 Å². The molecule has 0 spiro atoms. The van der Waals surface area contributed by atoms with Crippen molar-refractivity contribution in [2.45, 2.75) is 115 Å². The van der Waals surface area contributed by atoms with Gasteiger partial charge < -0.3 is 18.9 Å². The molecule has 10 nitrogen and oxygen atoms in total. The summed E-state index contributed by atoms with van der Waals surface area (Å²) in [6, 6.07) is 4.63. The number of benzene rings is 2. The zero-order chi connectivity index (χ0) is 33.0. The molecule has 2 N–H and O–H groups in total. The van der Waals surface area contributed by atoms with Gasteiger partial charge in [0.2, 0.25) is 0 Å². The highest BCUT2D eigenvalue weighted by atomic mass is 16.6.